The van der Waals surface area contributed by atoms with Crippen LogP contribution in [0.1, 0.15) is 54.4 Å². The Morgan fingerprint density at radius 2 is 1.66 bits per heavy atom. The molecule has 1 heterocycles. The van der Waals surface area contributed by atoms with Crippen molar-refractivity contribution in [2.24, 2.45) is 5.92 Å². The number of alkyl halides is 3. The second-order valence-corrected chi connectivity index (χ2v) is 9.59. The van der Waals surface area contributed by atoms with Crippen LogP contribution in [0, 0.1) is 11.9 Å². The van der Waals surface area contributed by atoms with Gasteiger partial charge < -0.3 is 0 Å². The van der Waals surface area contributed by atoms with Crippen molar-refractivity contribution >= 4 is 33.9 Å². The normalized spacial score (nSPS) is 15.1. The number of allylic oxidation sites excluding steroid dienone is 2. The molecule has 3 nitrogen and oxygen atoms in total. The Morgan fingerprint density at radius 1 is 0.947 bits per heavy atom. The minimum atomic E-state index is -4.35. The van der Waals surface area contributed by atoms with Crippen molar-refractivity contribution in [1.29, 1.82) is 0 Å². The number of fused-ring (bicyclic) bond motifs is 1. The summed E-state index contributed by atoms with van der Waals surface area (Å²) in [4.78, 5) is 11.9. The Bertz CT molecular complexity index is 1490. The van der Waals surface area contributed by atoms with E-state index in [2.05, 4.69) is 22.3 Å². The topological polar surface area (TPSA) is 45.8 Å². The van der Waals surface area contributed by atoms with E-state index >= 15 is 0 Å². The molecule has 0 radical (unpaired) electrons. The van der Waals surface area contributed by atoms with Crippen LogP contribution in [0.3, 0.4) is 0 Å². The van der Waals surface area contributed by atoms with E-state index in [1.165, 1.54) is 17.7 Å². The lowest BCUT2D eigenvalue weighted by Gasteiger charge is -2.31. The van der Waals surface area contributed by atoms with Crippen LogP contribution in [0.15, 0.2) is 78.9 Å². The summed E-state index contributed by atoms with van der Waals surface area (Å²) in [5.74, 6) is -0.691. The number of halogens is 4. The molecular formula is C31H26F4N2O. The molecule has 3 aromatic carbocycles. The highest BCUT2D eigenvalue weighted by Crippen LogP contribution is 2.45. The summed E-state index contributed by atoms with van der Waals surface area (Å²) in [5, 5.41) is 6.84. The fourth-order valence-corrected chi connectivity index (χ4v) is 4.81. The van der Waals surface area contributed by atoms with Gasteiger partial charge in [-0.2, -0.15) is 22.7 Å². The van der Waals surface area contributed by atoms with Crippen molar-refractivity contribution in [3.63, 3.8) is 0 Å². The molecule has 38 heavy (non-hydrogen) atoms. The van der Waals surface area contributed by atoms with Crippen LogP contribution in [-0.2, 0) is 4.79 Å². The van der Waals surface area contributed by atoms with Crippen LogP contribution in [0.2, 0.25) is 0 Å². The number of nitrogens with one attached hydrogen (secondary N) is 1. The average molecular weight is 519 g/mol. The SMILES string of the molecule is O=C(/C=C/c1ccc(/C(=C(\c2ccccc2)C2CCC2)c2ccc3n[nH]c(F)c3c2)cc1)CCC(F)(F)F. The highest BCUT2D eigenvalue weighted by atomic mass is 19.4. The smallest absolute Gasteiger partial charge is 0.295 e. The minimum Gasteiger partial charge on any atom is -0.295 e. The first-order valence-electron chi connectivity index (χ1n) is 12.6. The van der Waals surface area contributed by atoms with Crippen LogP contribution in [0.4, 0.5) is 17.6 Å². The molecule has 4 aromatic rings. The third-order valence-corrected chi connectivity index (χ3v) is 6.98. The molecule has 1 N–H and O–H groups in total. The molecule has 1 aliphatic carbocycles. The number of hydrogen-bond acceptors (Lipinski definition) is 2. The zero-order valence-corrected chi connectivity index (χ0v) is 20.6. The van der Waals surface area contributed by atoms with Crippen LogP contribution in [-0.4, -0.2) is 22.2 Å². The van der Waals surface area contributed by atoms with E-state index in [0.29, 0.717) is 22.4 Å². The van der Waals surface area contributed by atoms with Crippen molar-refractivity contribution < 1.29 is 22.4 Å². The Hall–Kier alpha value is -4.00. The fraction of sp³-hybridized carbons (Fsp3) is 0.226. The number of carbonyl (C=O) groups is 1. The molecule has 1 aliphatic rings. The van der Waals surface area contributed by atoms with Crippen LogP contribution >= 0.6 is 0 Å². The molecule has 0 bridgehead atoms. The number of rotatable bonds is 8. The summed E-state index contributed by atoms with van der Waals surface area (Å²) in [6.45, 7) is 0. The summed E-state index contributed by atoms with van der Waals surface area (Å²) in [6, 6.07) is 23.3. The molecular weight excluding hydrogens is 492 g/mol. The number of nitrogens with zero attached hydrogens (tertiary/aromatic N) is 1. The Labute approximate surface area is 217 Å². The van der Waals surface area contributed by atoms with Gasteiger partial charge in [0.05, 0.1) is 17.3 Å². The predicted molar refractivity (Wildman–Crippen MR) is 142 cm³/mol. The lowest BCUT2D eigenvalue weighted by molar-refractivity contribution is -0.141. The predicted octanol–water partition coefficient (Wildman–Crippen LogP) is 8.39. The first kappa shape index (κ1) is 25.6. The van der Waals surface area contributed by atoms with Gasteiger partial charge in [0.2, 0.25) is 5.95 Å². The number of ketones is 1. The second kappa shape index (κ2) is 10.8. The van der Waals surface area contributed by atoms with Crippen molar-refractivity contribution in [2.75, 3.05) is 0 Å². The van der Waals surface area contributed by atoms with E-state index in [9.17, 15) is 22.4 Å². The third-order valence-electron chi connectivity index (χ3n) is 6.98. The second-order valence-electron chi connectivity index (χ2n) is 9.59. The van der Waals surface area contributed by atoms with Gasteiger partial charge in [-0.1, -0.05) is 73.2 Å². The van der Waals surface area contributed by atoms with Crippen LogP contribution in [0.5, 0.6) is 0 Å². The van der Waals surface area contributed by atoms with E-state index in [0.717, 1.165) is 41.5 Å². The molecule has 0 aliphatic heterocycles. The van der Waals surface area contributed by atoms with E-state index < -0.39 is 30.7 Å². The molecule has 7 heteroatoms. The monoisotopic (exact) mass is 518 g/mol. The van der Waals surface area contributed by atoms with Gasteiger partial charge in [0.25, 0.3) is 0 Å². The van der Waals surface area contributed by atoms with Crippen LogP contribution < -0.4 is 0 Å². The number of carbonyl (C=O) groups excluding carboxylic acids is 1. The quantitative estimate of drug-likeness (QED) is 0.145. The van der Waals surface area contributed by atoms with Gasteiger partial charge in [-0.05, 0) is 70.4 Å². The van der Waals surface area contributed by atoms with E-state index in [4.69, 9.17) is 0 Å². The molecule has 0 unspecified atom stereocenters. The molecule has 0 atom stereocenters. The maximum absolute atomic E-state index is 14.4. The highest BCUT2D eigenvalue weighted by Gasteiger charge is 2.28. The summed E-state index contributed by atoms with van der Waals surface area (Å²) in [7, 11) is 0. The molecule has 0 saturated heterocycles. The molecule has 0 spiro atoms. The lowest BCUT2D eigenvalue weighted by atomic mass is 9.73. The number of hydrogen-bond donors (Lipinski definition) is 1. The van der Waals surface area contributed by atoms with Gasteiger partial charge in [-0.15, -0.1) is 0 Å². The molecule has 5 rings (SSSR count). The molecule has 1 aromatic heterocycles. The van der Waals surface area contributed by atoms with Gasteiger partial charge in [0, 0.05) is 6.42 Å². The van der Waals surface area contributed by atoms with Crippen molar-refractivity contribution in [1.82, 2.24) is 10.2 Å². The largest absolute Gasteiger partial charge is 0.389 e. The molecule has 1 saturated carbocycles. The van der Waals surface area contributed by atoms with E-state index in [1.807, 2.05) is 54.6 Å². The Morgan fingerprint density at radius 3 is 2.32 bits per heavy atom. The summed E-state index contributed by atoms with van der Waals surface area (Å²) in [6.07, 6.45) is -0.0510. The lowest BCUT2D eigenvalue weighted by Crippen LogP contribution is -2.15. The first-order chi connectivity index (χ1) is 18.3. The Kier molecular flexibility index (Phi) is 7.27. The minimum absolute atomic E-state index is 0.364. The molecule has 0 amide bonds. The average Bonchev–Trinajstić information content (AvgIpc) is 3.25. The zero-order valence-electron chi connectivity index (χ0n) is 20.6. The summed E-state index contributed by atoms with van der Waals surface area (Å²) in [5.41, 5.74) is 6.36. The van der Waals surface area contributed by atoms with Gasteiger partial charge in [0.1, 0.15) is 0 Å². The standard InChI is InChI=1S/C31H26F4N2O/c32-30-26-19-24(14-16-27(26)36-37-30)29(28(22-7-4-8-22)21-5-2-1-3-6-21)23-12-9-20(10-13-23)11-15-25(38)17-18-31(33,34)35/h1-3,5-6,9-16,19,22H,4,7-8,17-18H2,(H,36,37)/b15-11+,29-28-. The number of H-pyrrole nitrogens is 1. The van der Waals surface area contributed by atoms with Gasteiger partial charge >= 0.3 is 6.18 Å². The van der Waals surface area contributed by atoms with E-state index in [-0.39, 0.29) is 0 Å². The maximum Gasteiger partial charge on any atom is 0.389 e. The number of benzene rings is 3. The number of aromatic nitrogens is 2. The Balaban J connectivity index is 1.56. The maximum atomic E-state index is 14.4. The van der Waals surface area contributed by atoms with Gasteiger partial charge in [-0.25, -0.2) is 0 Å². The van der Waals surface area contributed by atoms with Crippen LogP contribution in [0.25, 0.3) is 28.1 Å². The zero-order chi connectivity index (χ0) is 26.7. The molecule has 1 fully saturated rings. The van der Waals surface area contributed by atoms with Crippen molar-refractivity contribution in [3.05, 3.63) is 107 Å². The van der Waals surface area contributed by atoms with E-state index in [1.54, 1.807) is 6.07 Å². The first-order valence-corrected chi connectivity index (χ1v) is 12.6. The third kappa shape index (κ3) is 5.77. The van der Waals surface area contributed by atoms with Gasteiger partial charge in [-0.3, -0.25) is 9.89 Å². The number of aromatic amines is 1. The van der Waals surface area contributed by atoms with Gasteiger partial charge in [0.15, 0.2) is 5.78 Å². The fourth-order valence-electron chi connectivity index (χ4n) is 4.81. The summed E-state index contributed by atoms with van der Waals surface area (Å²) >= 11 is 0. The van der Waals surface area contributed by atoms with Crippen molar-refractivity contribution in [3.8, 4) is 0 Å². The van der Waals surface area contributed by atoms with Crippen molar-refractivity contribution in [2.45, 2.75) is 38.3 Å². The molecule has 194 valence electrons. The highest BCUT2D eigenvalue weighted by molar-refractivity contribution is 6.01. The summed E-state index contributed by atoms with van der Waals surface area (Å²) < 4.78 is 51.6.